The number of carbonyl (C=O) groups is 1. The van der Waals surface area contributed by atoms with E-state index in [1.165, 1.54) is 0 Å². The molecule has 1 aliphatic heterocycles. The van der Waals surface area contributed by atoms with Crippen LogP contribution in [0, 0.1) is 0 Å². The van der Waals surface area contributed by atoms with Crippen LogP contribution in [0.2, 0.25) is 0 Å². The van der Waals surface area contributed by atoms with Gasteiger partial charge in [-0.05, 0) is 31.4 Å². The van der Waals surface area contributed by atoms with Crippen LogP contribution in [0.1, 0.15) is 26.2 Å². The first-order valence-electron chi connectivity index (χ1n) is 6.51. The first-order valence-corrected chi connectivity index (χ1v) is 6.51. The van der Waals surface area contributed by atoms with Crippen molar-refractivity contribution in [3.05, 3.63) is 24.3 Å². The van der Waals surface area contributed by atoms with Crippen LogP contribution in [0.15, 0.2) is 24.3 Å². The van der Waals surface area contributed by atoms with Gasteiger partial charge < -0.3 is 15.4 Å². The van der Waals surface area contributed by atoms with E-state index in [1.54, 1.807) is 4.90 Å². The summed E-state index contributed by atoms with van der Waals surface area (Å²) in [6, 6.07) is 7.48. The van der Waals surface area contributed by atoms with Crippen molar-refractivity contribution in [1.82, 2.24) is 0 Å². The van der Waals surface area contributed by atoms with Gasteiger partial charge >= 0.3 is 0 Å². The summed E-state index contributed by atoms with van der Waals surface area (Å²) in [4.78, 5) is 14.2. The van der Waals surface area contributed by atoms with Gasteiger partial charge in [-0.2, -0.15) is 0 Å². The van der Waals surface area contributed by atoms with Crippen LogP contribution in [0.25, 0.3) is 0 Å². The normalized spacial score (nSPS) is 18.8. The molecule has 98 valence electrons. The first kappa shape index (κ1) is 12.9. The number of rotatable bonds is 4. The maximum Gasteiger partial charge on any atom is 0.256 e. The molecule has 1 aliphatic rings. The Labute approximate surface area is 108 Å². The number of hydrogen-bond donors (Lipinski definition) is 1. The predicted molar refractivity (Wildman–Crippen MR) is 72.5 cm³/mol. The lowest BCUT2D eigenvalue weighted by Crippen LogP contribution is -2.39. The molecule has 1 heterocycles. The molecular weight excluding hydrogens is 228 g/mol. The van der Waals surface area contributed by atoms with Crippen LogP contribution in [0.5, 0.6) is 0 Å². The summed E-state index contributed by atoms with van der Waals surface area (Å²) in [5, 5.41) is 0. The first-order chi connectivity index (χ1) is 8.74. The van der Waals surface area contributed by atoms with Gasteiger partial charge in [0.15, 0.2) is 0 Å². The molecule has 1 atom stereocenters. The highest BCUT2D eigenvalue weighted by Gasteiger charge is 2.29. The third-order valence-corrected chi connectivity index (χ3v) is 3.15. The highest BCUT2D eigenvalue weighted by Crippen LogP contribution is 2.25. The van der Waals surface area contributed by atoms with Crippen molar-refractivity contribution in [2.45, 2.75) is 32.3 Å². The molecule has 2 N–H and O–H groups in total. The Morgan fingerprint density at radius 3 is 2.89 bits per heavy atom. The molecule has 0 spiro atoms. The minimum atomic E-state index is -0.295. The molecule has 1 aromatic rings. The molecule has 1 unspecified atom stereocenters. The van der Waals surface area contributed by atoms with Crippen molar-refractivity contribution in [2.24, 2.45) is 0 Å². The van der Waals surface area contributed by atoms with E-state index < -0.39 is 0 Å². The monoisotopic (exact) mass is 248 g/mol. The van der Waals surface area contributed by atoms with Crippen LogP contribution in [0.3, 0.4) is 0 Å². The molecule has 18 heavy (non-hydrogen) atoms. The van der Waals surface area contributed by atoms with Crippen molar-refractivity contribution in [2.75, 3.05) is 23.8 Å². The summed E-state index contributed by atoms with van der Waals surface area (Å²) in [5.41, 5.74) is 7.38. The van der Waals surface area contributed by atoms with Crippen LogP contribution >= 0.6 is 0 Å². The summed E-state index contributed by atoms with van der Waals surface area (Å²) in [7, 11) is 0. The standard InChI is InChI=1S/C14H20N2O2/c1-2-9-16(12-7-4-3-6-11(12)15)14(17)13-8-5-10-18-13/h3-4,6-7,13H,2,5,8-10,15H2,1H3. The second-order valence-corrected chi connectivity index (χ2v) is 4.55. The van der Waals surface area contributed by atoms with Crippen LogP contribution < -0.4 is 10.6 Å². The van der Waals surface area contributed by atoms with Crippen LogP contribution in [-0.2, 0) is 9.53 Å². The molecule has 4 nitrogen and oxygen atoms in total. The fourth-order valence-corrected chi connectivity index (χ4v) is 2.25. The summed E-state index contributed by atoms with van der Waals surface area (Å²) in [5.74, 6) is 0.0345. The smallest absolute Gasteiger partial charge is 0.256 e. The number of nitrogen functional groups attached to an aromatic ring is 1. The molecule has 0 bridgehead atoms. The average Bonchev–Trinajstić information content (AvgIpc) is 2.90. The zero-order chi connectivity index (χ0) is 13.0. The Kier molecular flexibility index (Phi) is 4.20. The second kappa shape index (κ2) is 5.87. The maximum absolute atomic E-state index is 12.4. The second-order valence-electron chi connectivity index (χ2n) is 4.55. The highest BCUT2D eigenvalue weighted by molar-refractivity contribution is 5.99. The van der Waals surface area contributed by atoms with Gasteiger partial charge in [0, 0.05) is 13.2 Å². The van der Waals surface area contributed by atoms with E-state index in [4.69, 9.17) is 10.5 Å². The molecule has 2 rings (SSSR count). The Hall–Kier alpha value is -1.55. The highest BCUT2D eigenvalue weighted by atomic mass is 16.5. The van der Waals surface area contributed by atoms with E-state index >= 15 is 0 Å². The third-order valence-electron chi connectivity index (χ3n) is 3.15. The Balaban J connectivity index is 2.22. The van der Waals surface area contributed by atoms with E-state index in [0.29, 0.717) is 18.8 Å². The molecule has 0 aromatic heterocycles. The van der Waals surface area contributed by atoms with Crippen LogP contribution in [0.4, 0.5) is 11.4 Å². The molecule has 1 saturated heterocycles. The number of anilines is 2. The fourth-order valence-electron chi connectivity index (χ4n) is 2.25. The summed E-state index contributed by atoms with van der Waals surface area (Å²) in [6.07, 6.45) is 2.37. The molecule has 0 saturated carbocycles. The van der Waals surface area contributed by atoms with Gasteiger partial charge in [-0.25, -0.2) is 0 Å². The molecule has 1 amide bonds. The number of para-hydroxylation sites is 2. The molecule has 1 aromatic carbocycles. The number of ether oxygens (including phenoxy) is 1. The third kappa shape index (κ3) is 2.64. The summed E-state index contributed by atoms with van der Waals surface area (Å²) < 4.78 is 5.47. The molecule has 0 aliphatic carbocycles. The van der Waals surface area contributed by atoms with Crippen LogP contribution in [-0.4, -0.2) is 25.2 Å². The van der Waals surface area contributed by atoms with E-state index in [0.717, 1.165) is 24.9 Å². The van der Waals surface area contributed by atoms with Crippen molar-refractivity contribution < 1.29 is 9.53 Å². The number of benzene rings is 1. The van der Waals surface area contributed by atoms with Crippen molar-refractivity contribution >= 4 is 17.3 Å². The summed E-state index contributed by atoms with van der Waals surface area (Å²) in [6.45, 7) is 3.41. The quantitative estimate of drug-likeness (QED) is 0.831. The summed E-state index contributed by atoms with van der Waals surface area (Å²) >= 11 is 0. The zero-order valence-electron chi connectivity index (χ0n) is 10.8. The lowest BCUT2D eigenvalue weighted by atomic mass is 10.1. The van der Waals surface area contributed by atoms with Gasteiger partial charge in [0.1, 0.15) is 6.10 Å². The lowest BCUT2D eigenvalue weighted by molar-refractivity contribution is -0.127. The van der Waals surface area contributed by atoms with Crippen molar-refractivity contribution in [1.29, 1.82) is 0 Å². The lowest BCUT2D eigenvalue weighted by Gasteiger charge is -2.26. The Morgan fingerprint density at radius 1 is 1.50 bits per heavy atom. The van der Waals surface area contributed by atoms with E-state index in [1.807, 2.05) is 24.3 Å². The van der Waals surface area contributed by atoms with E-state index in [9.17, 15) is 4.79 Å². The molecule has 0 radical (unpaired) electrons. The zero-order valence-corrected chi connectivity index (χ0v) is 10.8. The number of carbonyl (C=O) groups excluding carboxylic acids is 1. The number of nitrogens with zero attached hydrogens (tertiary/aromatic N) is 1. The Bertz CT molecular complexity index is 414. The minimum Gasteiger partial charge on any atom is -0.397 e. The van der Waals surface area contributed by atoms with Crippen molar-refractivity contribution in [3.8, 4) is 0 Å². The number of nitrogens with two attached hydrogens (primary N) is 1. The Morgan fingerprint density at radius 2 is 2.28 bits per heavy atom. The predicted octanol–water partition coefficient (Wildman–Crippen LogP) is 2.19. The van der Waals surface area contributed by atoms with Crippen molar-refractivity contribution in [3.63, 3.8) is 0 Å². The van der Waals surface area contributed by atoms with E-state index in [-0.39, 0.29) is 12.0 Å². The van der Waals surface area contributed by atoms with Gasteiger partial charge in [-0.1, -0.05) is 19.1 Å². The van der Waals surface area contributed by atoms with Gasteiger partial charge in [0.05, 0.1) is 11.4 Å². The molecule has 4 heteroatoms. The topological polar surface area (TPSA) is 55.6 Å². The average molecular weight is 248 g/mol. The van der Waals surface area contributed by atoms with Gasteiger partial charge in [-0.3, -0.25) is 4.79 Å². The molecular formula is C14H20N2O2. The van der Waals surface area contributed by atoms with Gasteiger partial charge in [-0.15, -0.1) is 0 Å². The number of amides is 1. The minimum absolute atomic E-state index is 0.0345. The van der Waals surface area contributed by atoms with Gasteiger partial charge in [0.2, 0.25) is 0 Å². The van der Waals surface area contributed by atoms with E-state index in [2.05, 4.69) is 6.92 Å². The maximum atomic E-state index is 12.4. The SMILES string of the molecule is CCCN(C(=O)C1CCCO1)c1ccccc1N. The number of hydrogen-bond acceptors (Lipinski definition) is 3. The van der Waals surface area contributed by atoms with Gasteiger partial charge in [0.25, 0.3) is 5.91 Å². The molecule has 1 fully saturated rings. The fraction of sp³-hybridized carbons (Fsp3) is 0.500. The largest absolute Gasteiger partial charge is 0.397 e.